The Morgan fingerprint density at radius 1 is 0.976 bits per heavy atom. The van der Waals surface area contributed by atoms with Gasteiger partial charge in [0, 0.05) is 28.3 Å². The maximum atomic E-state index is 13.7. The smallest absolute Gasteiger partial charge is 0.380 e. The van der Waals surface area contributed by atoms with E-state index in [-0.39, 0.29) is 17.3 Å². The molecule has 1 saturated heterocycles. The van der Waals surface area contributed by atoms with Crippen LogP contribution in [0, 0.1) is 0 Å². The van der Waals surface area contributed by atoms with Crippen molar-refractivity contribution >= 4 is 43.2 Å². The Bertz CT molecular complexity index is 1560. The second kappa shape index (κ2) is 12.8. The standard InChI is InChI=1S/C27H28F3N3O5S3/c28-27(29,30)40(35,36)25-17-23(41(37,38)33-26(34)19-8-3-1-4-9-19)13-14-24(25)32-21(16-20-10-7-15-31-20)18-39-22-11-5-2-6-12-22/h1-6,8-9,11-14,17,20-21,31-32H,7,10,15-16,18H2,(H,33,34)/t20-,21+/m0/s1. The van der Waals surface area contributed by atoms with E-state index < -0.39 is 47.1 Å². The minimum atomic E-state index is -5.97. The van der Waals surface area contributed by atoms with E-state index in [0.29, 0.717) is 18.2 Å². The van der Waals surface area contributed by atoms with Crippen LogP contribution < -0.4 is 15.4 Å². The molecule has 1 heterocycles. The molecule has 0 aliphatic carbocycles. The Labute approximate surface area is 241 Å². The number of nitrogens with one attached hydrogen (secondary N) is 3. The van der Waals surface area contributed by atoms with E-state index in [0.717, 1.165) is 36.4 Å². The Hall–Kier alpha value is -3.07. The lowest BCUT2D eigenvalue weighted by molar-refractivity contribution is -0.0435. The van der Waals surface area contributed by atoms with E-state index in [4.69, 9.17) is 0 Å². The highest BCUT2D eigenvalue weighted by Gasteiger charge is 2.48. The first-order valence-electron chi connectivity index (χ1n) is 12.6. The van der Waals surface area contributed by atoms with Crippen LogP contribution in [0.15, 0.2) is 93.5 Å². The molecule has 220 valence electrons. The maximum Gasteiger partial charge on any atom is 0.501 e. The van der Waals surface area contributed by atoms with Gasteiger partial charge in [0.05, 0.1) is 10.6 Å². The minimum absolute atomic E-state index is 0.00298. The van der Waals surface area contributed by atoms with Crippen LogP contribution in [0.25, 0.3) is 0 Å². The first kappa shape index (κ1) is 30.9. The van der Waals surface area contributed by atoms with Gasteiger partial charge in [-0.3, -0.25) is 4.79 Å². The van der Waals surface area contributed by atoms with Gasteiger partial charge in [-0.25, -0.2) is 21.6 Å². The lowest BCUT2D eigenvalue weighted by Crippen LogP contribution is -2.34. The Morgan fingerprint density at radius 3 is 2.24 bits per heavy atom. The number of carbonyl (C=O) groups is 1. The number of hydrogen-bond donors (Lipinski definition) is 3. The second-order valence-electron chi connectivity index (χ2n) is 9.40. The largest absolute Gasteiger partial charge is 0.501 e. The number of halogens is 3. The maximum absolute atomic E-state index is 13.7. The first-order valence-corrected chi connectivity index (χ1v) is 16.6. The number of carbonyl (C=O) groups excluding carboxylic acids is 1. The zero-order valence-electron chi connectivity index (χ0n) is 21.6. The monoisotopic (exact) mass is 627 g/mol. The van der Waals surface area contributed by atoms with Gasteiger partial charge in [-0.1, -0.05) is 36.4 Å². The summed E-state index contributed by atoms with van der Waals surface area (Å²) in [6, 6.07) is 18.7. The predicted octanol–water partition coefficient (Wildman–Crippen LogP) is 4.81. The predicted molar refractivity (Wildman–Crippen MR) is 151 cm³/mol. The molecule has 2 atom stereocenters. The molecule has 3 aromatic carbocycles. The van der Waals surface area contributed by atoms with Gasteiger partial charge in [0.25, 0.3) is 25.8 Å². The van der Waals surface area contributed by atoms with Crippen LogP contribution in [-0.4, -0.2) is 52.6 Å². The van der Waals surface area contributed by atoms with Crippen molar-refractivity contribution in [2.75, 3.05) is 17.6 Å². The van der Waals surface area contributed by atoms with Crippen LogP contribution in [-0.2, 0) is 19.9 Å². The average Bonchev–Trinajstić information content (AvgIpc) is 3.45. The van der Waals surface area contributed by atoms with E-state index >= 15 is 0 Å². The SMILES string of the molecule is O=C(NS(=O)(=O)c1ccc(N[C@@H](CSc2ccccc2)C[C@@H]2CCCN2)c(S(=O)(=O)C(F)(F)F)c1)c1ccccc1. The summed E-state index contributed by atoms with van der Waals surface area (Å²) in [4.78, 5) is 11.3. The van der Waals surface area contributed by atoms with Gasteiger partial charge < -0.3 is 10.6 Å². The summed E-state index contributed by atoms with van der Waals surface area (Å²) >= 11 is 1.46. The van der Waals surface area contributed by atoms with Gasteiger partial charge in [-0.05, 0) is 68.3 Å². The molecule has 1 fully saturated rings. The number of sulfone groups is 1. The summed E-state index contributed by atoms with van der Waals surface area (Å²) in [5.74, 6) is -0.615. The number of sulfonamides is 1. The molecule has 41 heavy (non-hydrogen) atoms. The molecule has 0 radical (unpaired) electrons. The number of rotatable bonds is 11. The lowest BCUT2D eigenvalue weighted by Gasteiger charge is -2.25. The molecule has 0 unspecified atom stereocenters. The summed E-state index contributed by atoms with van der Waals surface area (Å²) in [6.07, 6.45) is 2.30. The number of amides is 1. The van der Waals surface area contributed by atoms with E-state index in [1.54, 1.807) is 10.8 Å². The third-order valence-corrected chi connectivity index (χ3v) is 10.4. The molecule has 14 heteroatoms. The van der Waals surface area contributed by atoms with E-state index in [9.17, 15) is 34.8 Å². The number of hydrogen-bond acceptors (Lipinski definition) is 8. The summed E-state index contributed by atoms with van der Waals surface area (Å²) in [6.45, 7) is 0.804. The van der Waals surface area contributed by atoms with Crippen molar-refractivity contribution in [3.05, 3.63) is 84.4 Å². The van der Waals surface area contributed by atoms with Gasteiger partial charge in [-0.15, -0.1) is 11.8 Å². The van der Waals surface area contributed by atoms with Gasteiger partial charge >= 0.3 is 5.51 Å². The molecule has 0 spiro atoms. The summed E-state index contributed by atoms with van der Waals surface area (Å²) in [5.41, 5.74) is -6.08. The van der Waals surface area contributed by atoms with Gasteiger partial charge in [-0.2, -0.15) is 13.2 Å². The fourth-order valence-corrected chi connectivity index (χ4v) is 7.35. The van der Waals surface area contributed by atoms with Gasteiger partial charge in [0.15, 0.2) is 0 Å². The third kappa shape index (κ3) is 7.82. The molecule has 8 nitrogen and oxygen atoms in total. The molecule has 1 amide bonds. The molecule has 0 saturated carbocycles. The molecule has 3 N–H and O–H groups in total. The van der Waals surface area contributed by atoms with Crippen LogP contribution in [0.4, 0.5) is 18.9 Å². The number of thioether (sulfide) groups is 1. The summed E-state index contributed by atoms with van der Waals surface area (Å²) in [7, 11) is -10.7. The number of benzene rings is 3. The van der Waals surface area contributed by atoms with Crippen LogP contribution in [0.5, 0.6) is 0 Å². The topological polar surface area (TPSA) is 121 Å². The molecular formula is C27H28F3N3O5S3. The van der Waals surface area contributed by atoms with Crippen LogP contribution in [0.1, 0.15) is 29.6 Å². The van der Waals surface area contributed by atoms with Crippen LogP contribution in [0.2, 0.25) is 0 Å². The fourth-order valence-electron chi connectivity index (χ4n) is 4.37. The Morgan fingerprint density at radius 2 is 1.63 bits per heavy atom. The highest BCUT2D eigenvalue weighted by molar-refractivity contribution is 7.99. The van der Waals surface area contributed by atoms with E-state index in [2.05, 4.69) is 10.6 Å². The Kier molecular flexibility index (Phi) is 9.67. The third-order valence-electron chi connectivity index (χ3n) is 6.41. The lowest BCUT2D eigenvalue weighted by atomic mass is 10.1. The van der Waals surface area contributed by atoms with Crippen molar-refractivity contribution in [1.29, 1.82) is 0 Å². The van der Waals surface area contributed by atoms with Crippen molar-refractivity contribution in [2.24, 2.45) is 0 Å². The quantitative estimate of drug-likeness (QED) is 0.259. The highest BCUT2D eigenvalue weighted by Crippen LogP contribution is 2.37. The van der Waals surface area contributed by atoms with Gasteiger partial charge in [0.2, 0.25) is 0 Å². The molecule has 1 aliphatic heterocycles. The molecular weight excluding hydrogens is 600 g/mol. The molecule has 4 rings (SSSR count). The van der Waals surface area contributed by atoms with E-state index in [1.807, 2.05) is 30.3 Å². The number of anilines is 1. The summed E-state index contributed by atoms with van der Waals surface area (Å²) < 4.78 is 94.1. The molecule has 0 bridgehead atoms. The average molecular weight is 628 g/mol. The van der Waals surface area contributed by atoms with Crippen molar-refractivity contribution in [1.82, 2.24) is 10.0 Å². The minimum Gasteiger partial charge on any atom is -0.380 e. The molecule has 1 aliphatic rings. The van der Waals surface area contributed by atoms with Gasteiger partial charge in [0.1, 0.15) is 4.90 Å². The first-order chi connectivity index (χ1) is 19.4. The van der Waals surface area contributed by atoms with Crippen molar-refractivity contribution in [3.63, 3.8) is 0 Å². The number of alkyl halides is 3. The van der Waals surface area contributed by atoms with Crippen molar-refractivity contribution < 1.29 is 34.8 Å². The van der Waals surface area contributed by atoms with Crippen LogP contribution in [0.3, 0.4) is 0 Å². The van der Waals surface area contributed by atoms with Crippen LogP contribution >= 0.6 is 11.8 Å². The fraction of sp³-hybridized carbons (Fsp3) is 0.296. The normalized spacial score (nSPS) is 16.7. The van der Waals surface area contributed by atoms with E-state index in [1.165, 1.54) is 36.0 Å². The second-order valence-corrected chi connectivity index (χ2v) is 14.1. The highest BCUT2D eigenvalue weighted by atomic mass is 32.2. The van der Waals surface area contributed by atoms with Crippen molar-refractivity contribution in [2.45, 2.75) is 51.5 Å². The summed E-state index contributed by atoms with van der Waals surface area (Å²) in [5, 5.41) is 6.28. The Balaban J connectivity index is 1.67. The zero-order chi connectivity index (χ0) is 29.7. The molecule has 3 aromatic rings. The molecule has 0 aromatic heterocycles. The zero-order valence-corrected chi connectivity index (χ0v) is 24.0. The van der Waals surface area contributed by atoms with Crippen molar-refractivity contribution in [3.8, 4) is 0 Å².